The molecule has 2 rings (SSSR count). The van der Waals surface area contributed by atoms with Crippen LogP contribution in [0.5, 0.6) is 0 Å². The second kappa shape index (κ2) is 8.51. The van der Waals surface area contributed by atoms with Crippen LogP contribution in [-0.4, -0.2) is 44.3 Å². The third-order valence-electron chi connectivity index (χ3n) is 4.25. The maximum absolute atomic E-state index is 12.1. The van der Waals surface area contributed by atoms with Gasteiger partial charge in [0.2, 0.25) is 10.0 Å². The normalized spacial score (nSPS) is 11.9. The van der Waals surface area contributed by atoms with Gasteiger partial charge in [0.15, 0.2) is 0 Å². The maximum Gasteiger partial charge on any atom is 0.267 e. The molecule has 0 aliphatic rings. The molecule has 1 aromatic heterocycles. The second-order valence-corrected chi connectivity index (χ2v) is 8.94. The number of aromatic amines is 1. The first-order chi connectivity index (χ1) is 12.2. The Bertz CT molecular complexity index is 837. The van der Waals surface area contributed by atoms with Gasteiger partial charge in [0, 0.05) is 26.8 Å². The van der Waals surface area contributed by atoms with Gasteiger partial charge in [0.05, 0.1) is 0 Å². The topological polar surface area (TPSA) is 82.3 Å². The Morgan fingerprint density at radius 3 is 2.42 bits per heavy atom. The summed E-state index contributed by atoms with van der Waals surface area (Å²) in [5.74, 6) is 0.214. The van der Waals surface area contributed by atoms with E-state index in [-0.39, 0.29) is 16.5 Å². The van der Waals surface area contributed by atoms with E-state index >= 15 is 0 Å². The van der Waals surface area contributed by atoms with Crippen molar-refractivity contribution in [1.82, 2.24) is 14.6 Å². The highest BCUT2D eigenvalue weighted by Crippen LogP contribution is 2.16. The highest BCUT2D eigenvalue weighted by Gasteiger charge is 2.20. The summed E-state index contributed by atoms with van der Waals surface area (Å²) in [5.41, 5.74) is 2.80. The van der Waals surface area contributed by atoms with E-state index in [4.69, 9.17) is 0 Å². The fraction of sp³-hybridized carbons (Fsp3) is 0.421. The van der Waals surface area contributed by atoms with Crippen LogP contribution in [0.3, 0.4) is 0 Å². The minimum atomic E-state index is -3.54. The predicted molar refractivity (Wildman–Crippen MR) is 103 cm³/mol. The standard InChI is InChI=1S/C19H27N3O3S/c1-14(2)16-9-7-15(8-10-16)6-5-11-20-19(23)18-12-17(13-21-18)26(24,25)22(3)4/h7-10,12-14,21H,5-6,11H2,1-4H3,(H,20,23). The van der Waals surface area contributed by atoms with Crippen molar-refractivity contribution in [2.75, 3.05) is 20.6 Å². The van der Waals surface area contributed by atoms with Crippen LogP contribution < -0.4 is 5.32 Å². The lowest BCUT2D eigenvalue weighted by atomic mass is 10.0. The van der Waals surface area contributed by atoms with Crippen LogP contribution in [0.25, 0.3) is 0 Å². The summed E-state index contributed by atoms with van der Waals surface area (Å²) in [7, 11) is -0.630. The molecule has 142 valence electrons. The van der Waals surface area contributed by atoms with Gasteiger partial charge in [-0.2, -0.15) is 0 Å². The Morgan fingerprint density at radius 1 is 1.19 bits per heavy atom. The second-order valence-electron chi connectivity index (χ2n) is 6.79. The fourth-order valence-corrected chi connectivity index (χ4v) is 3.42. The molecule has 0 radical (unpaired) electrons. The van der Waals surface area contributed by atoms with Gasteiger partial charge in [-0.1, -0.05) is 38.1 Å². The number of rotatable bonds is 8. The molecule has 2 aromatic rings. The molecule has 6 nitrogen and oxygen atoms in total. The van der Waals surface area contributed by atoms with E-state index < -0.39 is 10.0 Å². The zero-order chi connectivity index (χ0) is 19.3. The Morgan fingerprint density at radius 2 is 1.85 bits per heavy atom. The Balaban J connectivity index is 1.83. The van der Waals surface area contributed by atoms with Crippen molar-refractivity contribution in [3.8, 4) is 0 Å². The summed E-state index contributed by atoms with van der Waals surface area (Å²) in [5, 5.41) is 2.81. The van der Waals surface area contributed by atoms with Crippen molar-refractivity contribution >= 4 is 15.9 Å². The number of sulfonamides is 1. The van der Waals surface area contributed by atoms with E-state index in [1.165, 1.54) is 37.5 Å². The van der Waals surface area contributed by atoms with Crippen molar-refractivity contribution in [3.63, 3.8) is 0 Å². The van der Waals surface area contributed by atoms with Gasteiger partial charge in [-0.15, -0.1) is 0 Å². The molecule has 26 heavy (non-hydrogen) atoms. The van der Waals surface area contributed by atoms with E-state index in [0.717, 1.165) is 17.1 Å². The number of amides is 1. The lowest BCUT2D eigenvalue weighted by Gasteiger charge is -2.08. The molecule has 0 fully saturated rings. The number of carbonyl (C=O) groups is 1. The van der Waals surface area contributed by atoms with Crippen LogP contribution in [0.4, 0.5) is 0 Å². The molecule has 1 amide bonds. The molecular weight excluding hydrogens is 350 g/mol. The predicted octanol–water partition coefficient (Wildman–Crippen LogP) is 2.75. The molecule has 0 atom stereocenters. The molecule has 0 saturated heterocycles. The number of hydrogen-bond acceptors (Lipinski definition) is 3. The summed E-state index contributed by atoms with van der Waals surface area (Å²) in [6.07, 6.45) is 3.03. The molecule has 2 N–H and O–H groups in total. The van der Waals surface area contributed by atoms with E-state index in [9.17, 15) is 13.2 Å². The zero-order valence-corrected chi connectivity index (χ0v) is 16.6. The summed E-state index contributed by atoms with van der Waals surface area (Å²) in [6.45, 7) is 4.86. The summed E-state index contributed by atoms with van der Waals surface area (Å²) >= 11 is 0. The number of benzene rings is 1. The molecule has 1 heterocycles. The van der Waals surface area contributed by atoms with Crippen molar-refractivity contribution in [3.05, 3.63) is 53.3 Å². The minimum Gasteiger partial charge on any atom is -0.356 e. The molecule has 0 spiro atoms. The van der Waals surface area contributed by atoms with Crippen LogP contribution in [0.1, 0.15) is 47.8 Å². The van der Waals surface area contributed by atoms with E-state index in [1.54, 1.807) is 0 Å². The van der Waals surface area contributed by atoms with Crippen molar-refractivity contribution in [1.29, 1.82) is 0 Å². The Kier molecular flexibility index (Phi) is 6.61. The van der Waals surface area contributed by atoms with E-state index in [1.807, 2.05) is 0 Å². The first kappa shape index (κ1) is 20.2. The SMILES string of the molecule is CC(C)c1ccc(CCCNC(=O)c2cc(S(=O)(=O)N(C)C)c[nH]2)cc1. The van der Waals surface area contributed by atoms with Crippen LogP contribution in [0.2, 0.25) is 0 Å². The Labute approximate surface area is 155 Å². The Hall–Kier alpha value is -2.12. The first-order valence-electron chi connectivity index (χ1n) is 8.70. The molecule has 0 bridgehead atoms. The molecule has 0 aliphatic heterocycles. The van der Waals surface area contributed by atoms with Crippen molar-refractivity contribution < 1.29 is 13.2 Å². The lowest BCUT2D eigenvalue weighted by molar-refractivity contribution is 0.0949. The number of carbonyl (C=O) groups excluding carboxylic acids is 1. The van der Waals surface area contributed by atoms with Gasteiger partial charge in [0.25, 0.3) is 5.91 Å². The average Bonchev–Trinajstić information content (AvgIpc) is 3.09. The number of hydrogen-bond donors (Lipinski definition) is 2. The van der Waals surface area contributed by atoms with Gasteiger partial charge in [-0.3, -0.25) is 4.79 Å². The van der Waals surface area contributed by atoms with E-state index in [2.05, 4.69) is 48.4 Å². The minimum absolute atomic E-state index is 0.0814. The van der Waals surface area contributed by atoms with Crippen LogP contribution >= 0.6 is 0 Å². The molecule has 0 aliphatic carbocycles. The molecule has 0 saturated carbocycles. The van der Waals surface area contributed by atoms with Crippen LogP contribution in [0.15, 0.2) is 41.4 Å². The number of aryl methyl sites for hydroxylation is 1. The van der Waals surface area contributed by atoms with Crippen LogP contribution in [0, 0.1) is 0 Å². The monoisotopic (exact) mass is 377 g/mol. The largest absolute Gasteiger partial charge is 0.356 e. The summed E-state index contributed by atoms with van der Waals surface area (Å²) in [4.78, 5) is 14.9. The molecule has 7 heteroatoms. The number of nitrogens with one attached hydrogen (secondary N) is 2. The van der Waals surface area contributed by atoms with Gasteiger partial charge < -0.3 is 10.3 Å². The van der Waals surface area contributed by atoms with Crippen molar-refractivity contribution in [2.45, 2.75) is 37.5 Å². The highest BCUT2D eigenvalue weighted by atomic mass is 32.2. The van der Waals surface area contributed by atoms with Gasteiger partial charge in [-0.05, 0) is 36.0 Å². The third-order valence-corrected chi connectivity index (χ3v) is 6.05. The lowest BCUT2D eigenvalue weighted by Crippen LogP contribution is -2.25. The first-order valence-corrected chi connectivity index (χ1v) is 10.1. The summed E-state index contributed by atoms with van der Waals surface area (Å²) in [6, 6.07) is 9.89. The van der Waals surface area contributed by atoms with Crippen molar-refractivity contribution in [2.24, 2.45) is 0 Å². The third kappa shape index (κ3) is 4.95. The maximum atomic E-state index is 12.1. The number of nitrogens with zero attached hydrogens (tertiary/aromatic N) is 1. The van der Waals surface area contributed by atoms with Gasteiger partial charge in [0.1, 0.15) is 10.6 Å². The van der Waals surface area contributed by atoms with Gasteiger partial charge >= 0.3 is 0 Å². The zero-order valence-electron chi connectivity index (χ0n) is 15.7. The average molecular weight is 378 g/mol. The smallest absolute Gasteiger partial charge is 0.267 e. The molecule has 0 unspecified atom stereocenters. The van der Waals surface area contributed by atoms with Gasteiger partial charge in [-0.25, -0.2) is 12.7 Å². The number of H-pyrrole nitrogens is 1. The van der Waals surface area contributed by atoms with E-state index in [0.29, 0.717) is 12.5 Å². The number of aromatic nitrogens is 1. The fourth-order valence-electron chi connectivity index (χ4n) is 2.52. The highest BCUT2D eigenvalue weighted by molar-refractivity contribution is 7.89. The molecule has 1 aromatic carbocycles. The van der Waals surface area contributed by atoms with Crippen LogP contribution in [-0.2, 0) is 16.4 Å². The molecular formula is C19H27N3O3S. The quantitative estimate of drug-likeness (QED) is 0.694. The summed E-state index contributed by atoms with van der Waals surface area (Å²) < 4.78 is 25.2.